The molecule has 0 radical (unpaired) electrons. The molecular weight excluding hydrogens is 427 g/mol. The van der Waals surface area contributed by atoms with Gasteiger partial charge in [0.25, 0.3) is 5.91 Å². The number of ether oxygens (including phenoxy) is 1. The van der Waals surface area contributed by atoms with Gasteiger partial charge in [-0.1, -0.05) is 23.2 Å². The molecule has 1 fully saturated rings. The average Bonchev–Trinajstić information content (AvgIpc) is 3.19. The van der Waals surface area contributed by atoms with Gasteiger partial charge < -0.3 is 10.1 Å². The van der Waals surface area contributed by atoms with E-state index in [1.807, 2.05) is 12.3 Å². The minimum atomic E-state index is -3.85. The van der Waals surface area contributed by atoms with Crippen molar-refractivity contribution in [3.8, 4) is 0 Å². The van der Waals surface area contributed by atoms with Crippen LogP contribution in [0.2, 0.25) is 10.0 Å². The molecule has 1 aliphatic heterocycles. The van der Waals surface area contributed by atoms with Gasteiger partial charge in [-0.3, -0.25) is 9.48 Å². The monoisotopic (exact) mass is 446 g/mol. The Kier molecular flexibility index (Phi) is 6.95. The molecule has 3 rings (SSSR count). The highest BCUT2D eigenvalue weighted by molar-refractivity contribution is 7.89. The molecule has 1 N–H and O–H groups in total. The second-order valence-electron chi connectivity index (χ2n) is 6.16. The first-order chi connectivity index (χ1) is 13.4. The molecule has 1 saturated heterocycles. The van der Waals surface area contributed by atoms with Crippen LogP contribution in [0.25, 0.3) is 0 Å². The molecule has 2 aromatic rings. The summed E-state index contributed by atoms with van der Waals surface area (Å²) in [5.41, 5.74) is 0.0667. The molecule has 0 bridgehead atoms. The van der Waals surface area contributed by atoms with Crippen LogP contribution >= 0.6 is 23.2 Å². The first-order valence-corrected chi connectivity index (χ1v) is 10.9. The molecule has 0 unspecified atom stereocenters. The number of aromatic nitrogens is 2. The van der Waals surface area contributed by atoms with Crippen molar-refractivity contribution in [2.75, 3.05) is 32.8 Å². The van der Waals surface area contributed by atoms with Gasteiger partial charge >= 0.3 is 0 Å². The van der Waals surface area contributed by atoms with Crippen LogP contribution in [0.1, 0.15) is 16.8 Å². The van der Waals surface area contributed by atoms with E-state index in [4.69, 9.17) is 27.9 Å². The number of hydrogen-bond donors (Lipinski definition) is 1. The number of nitrogens with one attached hydrogen (secondary N) is 1. The summed E-state index contributed by atoms with van der Waals surface area (Å²) >= 11 is 12.3. The number of carbonyl (C=O) groups excluding carboxylic acids is 1. The standard InChI is InChI=1S/C17H20Cl2N4O4S/c18-14-12-15(19)16(28(25,26)23-7-9-27-10-8-23)11-13(14)17(24)20-3-1-5-22-6-2-4-21-22/h2,4,6,11-12H,1,3,5,7-10H2,(H,20,24). The summed E-state index contributed by atoms with van der Waals surface area (Å²) in [7, 11) is -3.85. The number of benzene rings is 1. The summed E-state index contributed by atoms with van der Waals surface area (Å²) in [5, 5.41) is 6.90. The van der Waals surface area contributed by atoms with Gasteiger partial charge in [0.05, 0.1) is 28.8 Å². The van der Waals surface area contributed by atoms with Gasteiger partial charge in [0, 0.05) is 38.6 Å². The topological polar surface area (TPSA) is 93.5 Å². The van der Waals surface area contributed by atoms with Crippen LogP contribution in [0, 0.1) is 0 Å². The first kappa shape index (κ1) is 21.1. The molecule has 0 atom stereocenters. The molecule has 1 aliphatic rings. The highest BCUT2D eigenvalue weighted by Crippen LogP contribution is 2.31. The Morgan fingerprint density at radius 1 is 1.21 bits per heavy atom. The van der Waals surface area contributed by atoms with Gasteiger partial charge in [-0.25, -0.2) is 8.42 Å². The van der Waals surface area contributed by atoms with Gasteiger partial charge in [-0.05, 0) is 24.6 Å². The maximum Gasteiger partial charge on any atom is 0.252 e. The van der Waals surface area contributed by atoms with Crippen LogP contribution in [0.4, 0.5) is 0 Å². The largest absolute Gasteiger partial charge is 0.379 e. The summed E-state index contributed by atoms with van der Waals surface area (Å²) < 4.78 is 34.0. The number of aryl methyl sites for hydroxylation is 1. The minimum Gasteiger partial charge on any atom is -0.379 e. The number of halogens is 2. The smallest absolute Gasteiger partial charge is 0.252 e. The molecule has 8 nitrogen and oxygen atoms in total. The van der Waals surface area contributed by atoms with Crippen molar-refractivity contribution >= 4 is 39.1 Å². The molecule has 2 heterocycles. The highest BCUT2D eigenvalue weighted by atomic mass is 35.5. The minimum absolute atomic E-state index is 0.0216. The van der Waals surface area contributed by atoms with Gasteiger partial charge in [0.1, 0.15) is 4.90 Å². The van der Waals surface area contributed by atoms with E-state index in [1.165, 1.54) is 16.4 Å². The van der Waals surface area contributed by atoms with Crippen LogP contribution in [0.3, 0.4) is 0 Å². The predicted molar refractivity (Wildman–Crippen MR) is 105 cm³/mol. The van der Waals surface area contributed by atoms with E-state index < -0.39 is 15.9 Å². The van der Waals surface area contributed by atoms with Crippen molar-refractivity contribution < 1.29 is 17.9 Å². The van der Waals surface area contributed by atoms with E-state index >= 15 is 0 Å². The van der Waals surface area contributed by atoms with Crippen LogP contribution in [0.15, 0.2) is 35.5 Å². The van der Waals surface area contributed by atoms with E-state index in [2.05, 4.69) is 10.4 Å². The van der Waals surface area contributed by atoms with Crippen molar-refractivity contribution in [1.82, 2.24) is 19.4 Å². The normalized spacial score (nSPS) is 15.5. The van der Waals surface area contributed by atoms with Gasteiger partial charge in [-0.15, -0.1) is 0 Å². The van der Waals surface area contributed by atoms with Crippen molar-refractivity contribution in [1.29, 1.82) is 0 Å². The zero-order valence-corrected chi connectivity index (χ0v) is 17.3. The fraction of sp³-hybridized carbons (Fsp3) is 0.412. The number of carbonyl (C=O) groups is 1. The lowest BCUT2D eigenvalue weighted by atomic mass is 10.2. The molecule has 152 valence electrons. The van der Waals surface area contributed by atoms with E-state index in [-0.39, 0.29) is 33.6 Å². The predicted octanol–water partition coefficient (Wildman–Crippen LogP) is 2.03. The third-order valence-electron chi connectivity index (χ3n) is 4.26. The Labute approximate surface area is 173 Å². The second kappa shape index (κ2) is 9.23. The number of sulfonamides is 1. The summed E-state index contributed by atoms with van der Waals surface area (Å²) in [4.78, 5) is 12.4. The third kappa shape index (κ3) is 4.84. The lowest BCUT2D eigenvalue weighted by Crippen LogP contribution is -2.40. The zero-order valence-electron chi connectivity index (χ0n) is 15.0. The van der Waals surface area contributed by atoms with Crippen LogP contribution < -0.4 is 5.32 Å². The first-order valence-electron chi connectivity index (χ1n) is 8.72. The lowest BCUT2D eigenvalue weighted by Gasteiger charge is -2.26. The summed E-state index contributed by atoms with van der Waals surface area (Å²) in [5.74, 6) is -0.458. The van der Waals surface area contributed by atoms with Gasteiger partial charge in [0.2, 0.25) is 10.0 Å². The van der Waals surface area contributed by atoms with E-state index in [9.17, 15) is 13.2 Å². The van der Waals surface area contributed by atoms with Crippen LogP contribution in [0.5, 0.6) is 0 Å². The lowest BCUT2D eigenvalue weighted by molar-refractivity contribution is 0.0730. The Morgan fingerprint density at radius 2 is 1.96 bits per heavy atom. The summed E-state index contributed by atoms with van der Waals surface area (Å²) in [6, 6.07) is 4.34. The van der Waals surface area contributed by atoms with E-state index in [0.717, 1.165) is 0 Å². The fourth-order valence-corrected chi connectivity index (χ4v) is 5.04. The van der Waals surface area contributed by atoms with Gasteiger partial charge in [-0.2, -0.15) is 9.40 Å². The number of amides is 1. The van der Waals surface area contributed by atoms with Crippen molar-refractivity contribution in [3.05, 3.63) is 46.2 Å². The molecule has 0 spiro atoms. The number of hydrogen-bond acceptors (Lipinski definition) is 5. The number of morpholine rings is 1. The summed E-state index contributed by atoms with van der Waals surface area (Å²) in [6.07, 6.45) is 4.18. The molecular formula is C17H20Cl2N4O4S. The molecule has 1 aromatic heterocycles. The highest BCUT2D eigenvalue weighted by Gasteiger charge is 2.30. The third-order valence-corrected chi connectivity index (χ3v) is 6.94. The molecule has 28 heavy (non-hydrogen) atoms. The molecule has 1 amide bonds. The Morgan fingerprint density at radius 3 is 2.64 bits per heavy atom. The Bertz CT molecular complexity index is 929. The fourth-order valence-electron chi connectivity index (χ4n) is 2.80. The van der Waals surface area contributed by atoms with E-state index in [1.54, 1.807) is 10.9 Å². The molecule has 11 heteroatoms. The maximum absolute atomic E-state index is 12.9. The van der Waals surface area contributed by atoms with E-state index in [0.29, 0.717) is 32.7 Å². The quantitative estimate of drug-likeness (QED) is 0.656. The number of rotatable bonds is 7. The maximum atomic E-state index is 12.9. The SMILES string of the molecule is O=C(NCCCn1cccn1)c1cc(S(=O)(=O)N2CCOCC2)c(Cl)cc1Cl. The van der Waals surface area contributed by atoms with Gasteiger partial charge in [0.15, 0.2) is 0 Å². The van der Waals surface area contributed by atoms with Crippen molar-refractivity contribution in [2.24, 2.45) is 0 Å². The Balaban J connectivity index is 1.72. The van der Waals surface area contributed by atoms with Crippen LogP contribution in [-0.4, -0.2) is 61.3 Å². The second-order valence-corrected chi connectivity index (χ2v) is 8.88. The summed E-state index contributed by atoms with van der Waals surface area (Å²) in [6.45, 7) is 2.13. The van der Waals surface area contributed by atoms with Crippen LogP contribution in [-0.2, 0) is 21.3 Å². The zero-order chi connectivity index (χ0) is 20.1. The Hall–Kier alpha value is -1.65. The molecule has 0 aliphatic carbocycles. The number of nitrogens with zero attached hydrogens (tertiary/aromatic N) is 3. The van der Waals surface area contributed by atoms with Crippen molar-refractivity contribution in [3.63, 3.8) is 0 Å². The molecule has 1 aromatic carbocycles. The van der Waals surface area contributed by atoms with Crippen molar-refractivity contribution in [2.45, 2.75) is 17.9 Å². The molecule has 0 saturated carbocycles. The average molecular weight is 447 g/mol.